The number of rotatable bonds is 2. The van der Waals surface area contributed by atoms with Crippen molar-refractivity contribution in [2.75, 3.05) is 13.1 Å². The van der Waals surface area contributed by atoms with Gasteiger partial charge in [0.1, 0.15) is 0 Å². The average Bonchev–Trinajstić information content (AvgIpc) is 3.03. The molecule has 0 bridgehead atoms. The summed E-state index contributed by atoms with van der Waals surface area (Å²) >= 11 is 0. The number of aromatic nitrogens is 1. The normalized spacial score (nSPS) is 28.9. The number of nitrogens with zero attached hydrogens (tertiary/aromatic N) is 2. The van der Waals surface area contributed by atoms with Gasteiger partial charge in [0.2, 0.25) is 0 Å². The summed E-state index contributed by atoms with van der Waals surface area (Å²) in [6, 6.07) is 3.59. The number of carbonyl (C=O) groups is 1. The van der Waals surface area contributed by atoms with E-state index in [2.05, 4.69) is 36.3 Å². The Morgan fingerprint density at radius 1 is 1.14 bits per heavy atom. The minimum atomic E-state index is 0.113. The van der Waals surface area contributed by atoms with Crippen LogP contribution in [0.5, 0.6) is 0 Å². The summed E-state index contributed by atoms with van der Waals surface area (Å²) in [4.78, 5) is 15.1. The van der Waals surface area contributed by atoms with Crippen LogP contribution in [0, 0.1) is 12.3 Å². The Hall–Kier alpha value is -1.09. The SMILES string of the molecule is Cc1cc2c(n1C1CCN(C3CC3)C1)CC(C)(C)CC2=O. The molecule has 21 heavy (non-hydrogen) atoms. The molecule has 0 spiro atoms. The maximum absolute atomic E-state index is 12.4. The molecule has 1 aromatic rings. The van der Waals surface area contributed by atoms with E-state index in [0.717, 1.165) is 18.0 Å². The number of carbonyl (C=O) groups excluding carboxylic acids is 1. The summed E-state index contributed by atoms with van der Waals surface area (Å²) in [5.74, 6) is 0.347. The van der Waals surface area contributed by atoms with Crippen LogP contribution in [0.15, 0.2) is 6.07 Å². The summed E-state index contributed by atoms with van der Waals surface area (Å²) in [7, 11) is 0. The van der Waals surface area contributed by atoms with Crippen LogP contribution in [0.1, 0.15) is 67.3 Å². The van der Waals surface area contributed by atoms with Crippen molar-refractivity contribution in [3.8, 4) is 0 Å². The second kappa shape index (κ2) is 4.45. The van der Waals surface area contributed by atoms with E-state index >= 15 is 0 Å². The zero-order chi connectivity index (χ0) is 14.8. The highest BCUT2D eigenvalue weighted by atomic mass is 16.1. The van der Waals surface area contributed by atoms with Crippen LogP contribution in [0.3, 0.4) is 0 Å². The highest BCUT2D eigenvalue weighted by Gasteiger charge is 2.39. The zero-order valence-electron chi connectivity index (χ0n) is 13.5. The average molecular weight is 286 g/mol. The fourth-order valence-corrected chi connectivity index (χ4v) is 4.43. The summed E-state index contributed by atoms with van der Waals surface area (Å²) in [6.07, 6.45) is 5.76. The summed E-state index contributed by atoms with van der Waals surface area (Å²) in [5, 5.41) is 0. The van der Waals surface area contributed by atoms with E-state index < -0.39 is 0 Å². The number of hydrogen-bond acceptors (Lipinski definition) is 2. The van der Waals surface area contributed by atoms with Gasteiger partial charge in [-0.3, -0.25) is 9.69 Å². The Bertz CT molecular complexity index is 595. The molecule has 114 valence electrons. The van der Waals surface area contributed by atoms with Gasteiger partial charge in [0.15, 0.2) is 5.78 Å². The first-order valence-electron chi connectivity index (χ1n) is 8.42. The molecule has 1 unspecified atom stereocenters. The topological polar surface area (TPSA) is 25.2 Å². The summed E-state index contributed by atoms with van der Waals surface area (Å²) in [5.41, 5.74) is 3.73. The third-order valence-corrected chi connectivity index (χ3v) is 5.54. The van der Waals surface area contributed by atoms with E-state index in [0.29, 0.717) is 18.2 Å². The second-order valence-corrected chi connectivity index (χ2v) is 8.13. The number of Topliss-reactive ketones (excluding diaryl/α,β-unsaturated/α-hetero) is 1. The molecule has 1 saturated carbocycles. The maximum atomic E-state index is 12.4. The quantitative estimate of drug-likeness (QED) is 0.833. The predicted octanol–water partition coefficient (Wildman–Crippen LogP) is 3.36. The number of fused-ring (bicyclic) bond motifs is 1. The van der Waals surface area contributed by atoms with Crippen LogP contribution in [-0.4, -0.2) is 34.4 Å². The molecule has 2 aliphatic carbocycles. The number of aryl methyl sites for hydroxylation is 1. The Labute approximate surface area is 127 Å². The van der Waals surface area contributed by atoms with Gasteiger partial charge in [0, 0.05) is 48.5 Å². The third kappa shape index (κ3) is 2.26. The first-order valence-corrected chi connectivity index (χ1v) is 8.42. The molecule has 0 radical (unpaired) electrons. The first-order chi connectivity index (χ1) is 9.94. The van der Waals surface area contributed by atoms with Gasteiger partial charge in [-0.15, -0.1) is 0 Å². The largest absolute Gasteiger partial charge is 0.344 e. The molecule has 2 heterocycles. The standard InChI is InChI=1S/C18H26N2O/c1-12-8-15-16(9-18(2,3)10-17(15)21)20(12)14-6-7-19(11-14)13-4-5-13/h8,13-14H,4-7,9-11H2,1-3H3. The predicted molar refractivity (Wildman–Crippen MR) is 83.9 cm³/mol. The number of ketones is 1. The van der Waals surface area contributed by atoms with Crippen LogP contribution < -0.4 is 0 Å². The molecule has 0 N–H and O–H groups in total. The van der Waals surface area contributed by atoms with Crippen molar-refractivity contribution in [3.05, 3.63) is 23.0 Å². The zero-order valence-corrected chi connectivity index (χ0v) is 13.5. The fraction of sp³-hybridized carbons (Fsp3) is 0.722. The molecule has 4 rings (SSSR count). The second-order valence-electron chi connectivity index (χ2n) is 8.13. The van der Waals surface area contributed by atoms with E-state index in [4.69, 9.17) is 0 Å². The van der Waals surface area contributed by atoms with E-state index in [1.807, 2.05) is 0 Å². The number of likely N-dealkylation sites (tertiary alicyclic amines) is 1. The monoisotopic (exact) mass is 286 g/mol. The van der Waals surface area contributed by atoms with Crippen molar-refractivity contribution in [1.29, 1.82) is 0 Å². The molecule has 3 aliphatic rings. The molecular formula is C18H26N2O. The van der Waals surface area contributed by atoms with Crippen LogP contribution in [0.25, 0.3) is 0 Å². The smallest absolute Gasteiger partial charge is 0.165 e. The summed E-state index contributed by atoms with van der Waals surface area (Å²) in [6.45, 7) is 9.05. The van der Waals surface area contributed by atoms with Crippen molar-refractivity contribution < 1.29 is 4.79 Å². The van der Waals surface area contributed by atoms with Crippen LogP contribution in [0.4, 0.5) is 0 Å². The minimum absolute atomic E-state index is 0.113. The highest BCUT2D eigenvalue weighted by Crippen LogP contribution is 2.40. The van der Waals surface area contributed by atoms with Crippen LogP contribution in [-0.2, 0) is 6.42 Å². The minimum Gasteiger partial charge on any atom is -0.344 e. The van der Waals surface area contributed by atoms with E-state index in [1.165, 1.54) is 43.7 Å². The van der Waals surface area contributed by atoms with E-state index in [9.17, 15) is 4.79 Å². The molecule has 1 atom stereocenters. The molecule has 1 saturated heterocycles. The third-order valence-electron chi connectivity index (χ3n) is 5.54. The van der Waals surface area contributed by atoms with Gasteiger partial charge >= 0.3 is 0 Å². The van der Waals surface area contributed by atoms with Crippen LogP contribution in [0.2, 0.25) is 0 Å². The van der Waals surface area contributed by atoms with Crippen molar-refractivity contribution in [1.82, 2.24) is 9.47 Å². The first kappa shape index (κ1) is 13.6. The Balaban J connectivity index is 1.68. The molecule has 0 amide bonds. The van der Waals surface area contributed by atoms with E-state index in [-0.39, 0.29) is 5.41 Å². The van der Waals surface area contributed by atoms with Crippen molar-refractivity contribution in [2.24, 2.45) is 5.41 Å². The highest BCUT2D eigenvalue weighted by molar-refractivity contribution is 5.99. The van der Waals surface area contributed by atoms with Crippen molar-refractivity contribution in [2.45, 2.75) is 65.0 Å². The Morgan fingerprint density at radius 3 is 2.62 bits per heavy atom. The summed E-state index contributed by atoms with van der Waals surface area (Å²) < 4.78 is 2.51. The maximum Gasteiger partial charge on any atom is 0.165 e. The lowest BCUT2D eigenvalue weighted by Crippen LogP contribution is -2.30. The Morgan fingerprint density at radius 2 is 1.90 bits per heavy atom. The molecular weight excluding hydrogens is 260 g/mol. The molecule has 1 aliphatic heterocycles. The lowest BCUT2D eigenvalue weighted by Gasteiger charge is -2.31. The lowest BCUT2D eigenvalue weighted by atomic mass is 9.76. The van der Waals surface area contributed by atoms with Gasteiger partial charge < -0.3 is 4.57 Å². The van der Waals surface area contributed by atoms with Crippen molar-refractivity contribution in [3.63, 3.8) is 0 Å². The van der Waals surface area contributed by atoms with Gasteiger partial charge in [-0.25, -0.2) is 0 Å². The van der Waals surface area contributed by atoms with E-state index in [1.54, 1.807) is 0 Å². The lowest BCUT2D eigenvalue weighted by molar-refractivity contribution is 0.0909. The molecule has 1 aromatic heterocycles. The molecule has 3 heteroatoms. The fourth-order valence-electron chi connectivity index (χ4n) is 4.43. The van der Waals surface area contributed by atoms with Crippen molar-refractivity contribution >= 4 is 5.78 Å². The molecule has 0 aromatic carbocycles. The molecule has 3 nitrogen and oxygen atoms in total. The Kier molecular flexibility index (Phi) is 2.88. The number of hydrogen-bond donors (Lipinski definition) is 0. The van der Waals surface area contributed by atoms with Gasteiger partial charge in [-0.05, 0) is 44.1 Å². The van der Waals surface area contributed by atoms with Crippen LogP contribution >= 0.6 is 0 Å². The van der Waals surface area contributed by atoms with Gasteiger partial charge in [0.05, 0.1) is 0 Å². The van der Waals surface area contributed by atoms with Gasteiger partial charge in [0.25, 0.3) is 0 Å². The van der Waals surface area contributed by atoms with Gasteiger partial charge in [-0.2, -0.15) is 0 Å². The molecule has 2 fully saturated rings. The van der Waals surface area contributed by atoms with Gasteiger partial charge in [-0.1, -0.05) is 13.8 Å².